The summed E-state index contributed by atoms with van der Waals surface area (Å²) in [4.78, 5) is 23.4. The van der Waals surface area contributed by atoms with Crippen LogP contribution in [0.1, 0.15) is 31.2 Å². The molecule has 0 radical (unpaired) electrons. The molecule has 3 rings (SSSR count). The fourth-order valence-electron chi connectivity index (χ4n) is 3.16. The molecular weight excluding hydrogens is 256 g/mol. The van der Waals surface area contributed by atoms with Crippen molar-refractivity contribution < 1.29 is 14.7 Å². The molecule has 1 N–H and O–H groups in total. The summed E-state index contributed by atoms with van der Waals surface area (Å²) in [5.74, 6) is -0.692. The van der Waals surface area contributed by atoms with Gasteiger partial charge in [0.25, 0.3) is 0 Å². The summed E-state index contributed by atoms with van der Waals surface area (Å²) in [5, 5.41) is 13.1. The largest absolute Gasteiger partial charge is 0.481 e. The molecule has 5 nitrogen and oxygen atoms in total. The molecule has 1 amide bonds. The summed E-state index contributed by atoms with van der Waals surface area (Å²) in [6.07, 6.45) is 2.76. The van der Waals surface area contributed by atoms with E-state index < -0.39 is 11.4 Å². The second-order valence-corrected chi connectivity index (χ2v) is 5.55. The number of nitrogens with zero attached hydrogens (tertiary/aromatic N) is 2. The molecule has 1 aromatic carbocycles. The van der Waals surface area contributed by atoms with Gasteiger partial charge in [0, 0.05) is 20.0 Å². The highest BCUT2D eigenvalue weighted by atomic mass is 16.4. The van der Waals surface area contributed by atoms with E-state index in [1.54, 1.807) is 12.1 Å². The van der Waals surface area contributed by atoms with Gasteiger partial charge >= 0.3 is 5.97 Å². The van der Waals surface area contributed by atoms with Crippen LogP contribution < -0.4 is 5.01 Å². The molecule has 0 spiro atoms. The van der Waals surface area contributed by atoms with Crippen LogP contribution in [0.15, 0.2) is 24.3 Å². The lowest BCUT2D eigenvalue weighted by atomic mass is 9.64. The Kier molecular flexibility index (Phi) is 2.92. The molecule has 0 bridgehead atoms. The molecule has 1 aromatic rings. The summed E-state index contributed by atoms with van der Waals surface area (Å²) in [7, 11) is 1.74. The summed E-state index contributed by atoms with van der Waals surface area (Å²) < 4.78 is 0. The first kappa shape index (κ1) is 13.0. The number of hydrogen-bond acceptors (Lipinski definition) is 3. The Balaban J connectivity index is 2.05. The van der Waals surface area contributed by atoms with Gasteiger partial charge in [-0.05, 0) is 24.5 Å². The maximum Gasteiger partial charge on any atom is 0.314 e. The van der Waals surface area contributed by atoms with E-state index >= 15 is 0 Å². The van der Waals surface area contributed by atoms with Gasteiger partial charge in [0.2, 0.25) is 5.91 Å². The molecule has 5 heteroatoms. The average Bonchev–Trinajstić information content (AvgIpc) is 2.69. The Hall–Kier alpha value is -2.04. The van der Waals surface area contributed by atoms with E-state index in [1.807, 2.05) is 29.3 Å². The zero-order valence-corrected chi connectivity index (χ0v) is 11.5. The lowest BCUT2D eigenvalue weighted by Gasteiger charge is -2.41. The van der Waals surface area contributed by atoms with E-state index in [0.29, 0.717) is 25.8 Å². The molecule has 1 saturated carbocycles. The number of amides is 1. The fraction of sp³-hybridized carbons (Fsp3) is 0.467. The van der Waals surface area contributed by atoms with Gasteiger partial charge in [0.1, 0.15) is 0 Å². The van der Waals surface area contributed by atoms with Gasteiger partial charge in [-0.1, -0.05) is 24.6 Å². The van der Waals surface area contributed by atoms with Crippen molar-refractivity contribution in [2.75, 3.05) is 18.6 Å². The summed E-state index contributed by atoms with van der Waals surface area (Å²) in [6, 6.07) is 7.57. The molecule has 20 heavy (non-hydrogen) atoms. The Labute approximate surface area is 117 Å². The van der Waals surface area contributed by atoms with Crippen molar-refractivity contribution in [2.24, 2.45) is 0 Å². The van der Waals surface area contributed by atoms with Crippen molar-refractivity contribution in [1.82, 2.24) is 5.01 Å². The van der Waals surface area contributed by atoms with Crippen LogP contribution in [0.2, 0.25) is 0 Å². The Morgan fingerprint density at radius 3 is 2.50 bits per heavy atom. The van der Waals surface area contributed by atoms with E-state index in [0.717, 1.165) is 17.7 Å². The molecule has 2 fully saturated rings. The fourth-order valence-corrected chi connectivity index (χ4v) is 3.16. The number of carboxylic acids is 1. The normalized spacial score (nSPS) is 20.9. The highest BCUT2D eigenvalue weighted by Gasteiger charge is 2.48. The molecule has 1 aliphatic carbocycles. The molecular formula is C15H18N2O3. The molecule has 1 saturated heterocycles. The molecule has 106 valence electrons. The van der Waals surface area contributed by atoms with E-state index in [2.05, 4.69) is 0 Å². The number of hydrazine groups is 1. The summed E-state index contributed by atoms with van der Waals surface area (Å²) in [6.45, 7) is 0.613. The van der Waals surface area contributed by atoms with E-state index in [9.17, 15) is 14.7 Å². The minimum Gasteiger partial charge on any atom is -0.481 e. The molecule has 1 aliphatic heterocycles. The zero-order chi connectivity index (χ0) is 14.3. The van der Waals surface area contributed by atoms with Gasteiger partial charge in [-0.3, -0.25) is 19.6 Å². The predicted molar refractivity (Wildman–Crippen MR) is 74.3 cm³/mol. The minimum atomic E-state index is -0.775. The van der Waals surface area contributed by atoms with Crippen LogP contribution in [-0.2, 0) is 15.0 Å². The minimum absolute atomic E-state index is 0.0674. The molecule has 0 atom stereocenters. The van der Waals surface area contributed by atoms with E-state index in [4.69, 9.17) is 0 Å². The number of benzene rings is 1. The summed E-state index contributed by atoms with van der Waals surface area (Å²) in [5.41, 5.74) is 0.909. The van der Waals surface area contributed by atoms with Gasteiger partial charge in [-0.25, -0.2) is 0 Å². The van der Waals surface area contributed by atoms with Gasteiger partial charge in [0.05, 0.1) is 11.1 Å². The number of aliphatic carboxylic acids is 1. The predicted octanol–water partition coefficient (Wildman–Crippen LogP) is 1.78. The lowest BCUT2D eigenvalue weighted by molar-refractivity contribution is -0.147. The van der Waals surface area contributed by atoms with Crippen LogP contribution in [0.4, 0.5) is 5.69 Å². The van der Waals surface area contributed by atoms with Gasteiger partial charge in [-0.2, -0.15) is 0 Å². The van der Waals surface area contributed by atoms with Crippen molar-refractivity contribution >= 4 is 17.6 Å². The van der Waals surface area contributed by atoms with E-state index in [-0.39, 0.29) is 5.91 Å². The maximum absolute atomic E-state index is 11.7. The second kappa shape index (κ2) is 4.51. The third-order valence-electron chi connectivity index (χ3n) is 4.57. The van der Waals surface area contributed by atoms with Gasteiger partial charge in [0.15, 0.2) is 0 Å². The maximum atomic E-state index is 11.7. The quantitative estimate of drug-likeness (QED) is 0.912. The van der Waals surface area contributed by atoms with Crippen LogP contribution in [0.5, 0.6) is 0 Å². The number of carbonyl (C=O) groups excluding carboxylic acids is 1. The van der Waals surface area contributed by atoms with Crippen molar-refractivity contribution in [2.45, 2.75) is 31.1 Å². The smallest absolute Gasteiger partial charge is 0.314 e. The highest BCUT2D eigenvalue weighted by molar-refractivity contribution is 5.87. The standard InChI is InChI=1S/C15H18N2O3/c1-16-13(18)7-10-17(16)12-6-3-2-5-11(12)15(14(19)20)8-4-9-15/h2-3,5-6H,4,7-10H2,1H3,(H,19,20). The molecule has 2 aliphatic rings. The number of para-hydroxylation sites is 1. The Morgan fingerprint density at radius 1 is 1.30 bits per heavy atom. The van der Waals surface area contributed by atoms with Crippen molar-refractivity contribution in [3.8, 4) is 0 Å². The third-order valence-corrected chi connectivity index (χ3v) is 4.57. The van der Waals surface area contributed by atoms with Crippen LogP contribution in [0, 0.1) is 0 Å². The first-order valence-electron chi connectivity index (χ1n) is 6.93. The van der Waals surface area contributed by atoms with Crippen LogP contribution in [-0.4, -0.2) is 35.6 Å². The lowest BCUT2D eigenvalue weighted by Crippen LogP contribution is -2.45. The zero-order valence-electron chi connectivity index (χ0n) is 11.5. The first-order valence-corrected chi connectivity index (χ1v) is 6.93. The van der Waals surface area contributed by atoms with Crippen molar-refractivity contribution in [1.29, 1.82) is 0 Å². The molecule has 0 aromatic heterocycles. The van der Waals surface area contributed by atoms with Crippen LogP contribution in [0.3, 0.4) is 0 Å². The monoisotopic (exact) mass is 274 g/mol. The molecule has 0 unspecified atom stereocenters. The first-order chi connectivity index (χ1) is 9.56. The topological polar surface area (TPSA) is 60.9 Å². The SMILES string of the molecule is CN1C(=O)CCN1c1ccccc1C1(C(=O)O)CCC1. The highest BCUT2D eigenvalue weighted by Crippen LogP contribution is 2.47. The third kappa shape index (κ3) is 1.69. The second-order valence-electron chi connectivity index (χ2n) is 5.55. The number of rotatable bonds is 3. The van der Waals surface area contributed by atoms with Crippen molar-refractivity contribution in [3.63, 3.8) is 0 Å². The number of carbonyl (C=O) groups is 2. The number of anilines is 1. The van der Waals surface area contributed by atoms with E-state index in [1.165, 1.54) is 0 Å². The van der Waals surface area contributed by atoms with Gasteiger partial charge in [-0.15, -0.1) is 0 Å². The Bertz CT molecular complexity index is 566. The number of carboxylic acid groups (broad SMARTS) is 1. The average molecular weight is 274 g/mol. The van der Waals surface area contributed by atoms with Gasteiger partial charge < -0.3 is 5.11 Å². The van der Waals surface area contributed by atoms with Crippen LogP contribution >= 0.6 is 0 Å². The van der Waals surface area contributed by atoms with Crippen molar-refractivity contribution in [3.05, 3.63) is 29.8 Å². The molecule has 1 heterocycles. The summed E-state index contributed by atoms with van der Waals surface area (Å²) >= 11 is 0. The number of hydrogen-bond donors (Lipinski definition) is 1. The van der Waals surface area contributed by atoms with Crippen LogP contribution in [0.25, 0.3) is 0 Å². The Morgan fingerprint density at radius 2 is 2.00 bits per heavy atom.